The van der Waals surface area contributed by atoms with E-state index in [9.17, 15) is 4.39 Å². The number of hydrogen-bond donors (Lipinski definition) is 2. The Balaban J connectivity index is 2.10. The summed E-state index contributed by atoms with van der Waals surface area (Å²) in [5.74, 6) is -0.648. The fourth-order valence-corrected chi connectivity index (χ4v) is 4.00. The largest absolute Gasteiger partial charge is 0.318 e. The summed E-state index contributed by atoms with van der Waals surface area (Å²) in [5, 5.41) is 10.2. The third kappa shape index (κ3) is 6.84. The van der Waals surface area contributed by atoms with Crippen molar-refractivity contribution in [3.8, 4) is 0 Å². The van der Waals surface area contributed by atoms with Crippen molar-refractivity contribution in [3.63, 3.8) is 0 Å². The van der Waals surface area contributed by atoms with Gasteiger partial charge in [0.2, 0.25) is 0 Å². The predicted molar refractivity (Wildman–Crippen MR) is 140 cm³/mol. The standard InChI is InChI=1S/C28H38F2N4/c1-9-10-21(15-19(2)3)26(33(6)7)13-11-20(4)12-14-27(31)28(5,30)23-16-22-18-34(8)32-25(22)17-24(23)29/h9-11,13,15-17,26,31-32H,2,4,12,14,18H2,1,3,5-8H3. The predicted octanol–water partition coefficient (Wildman–Crippen LogP) is 6.70. The van der Waals surface area contributed by atoms with Gasteiger partial charge in [0.05, 0.1) is 17.4 Å². The first-order chi connectivity index (χ1) is 15.9. The van der Waals surface area contributed by atoms with Gasteiger partial charge in [0.15, 0.2) is 5.67 Å². The molecule has 2 unspecified atom stereocenters. The molecule has 1 aliphatic heterocycles. The van der Waals surface area contributed by atoms with Gasteiger partial charge in [-0.05, 0) is 71.0 Å². The zero-order valence-electron chi connectivity index (χ0n) is 21.3. The van der Waals surface area contributed by atoms with Crippen LogP contribution in [0.4, 0.5) is 14.5 Å². The van der Waals surface area contributed by atoms with Gasteiger partial charge < -0.3 is 10.8 Å². The molecule has 0 saturated heterocycles. The molecule has 6 heteroatoms. The summed E-state index contributed by atoms with van der Waals surface area (Å²) in [6.07, 6.45) is 10.6. The molecular weight excluding hydrogens is 430 g/mol. The maximum Gasteiger partial charge on any atom is 0.173 e. The maximum absolute atomic E-state index is 15.6. The number of fused-ring (bicyclic) bond motifs is 1. The summed E-state index contributed by atoms with van der Waals surface area (Å²) in [6, 6.07) is 2.86. The number of anilines is 1. The molecule has 0 saturated carbocycles. The number of benzene rings is 1. The van der Waals surface area contributed by atoms with Gasteiger partial charge in [-0.15, -0.1) is 0 Å². The molecular formula is C28H38F2N4. The van der Waals surface area contributed by atoms with Crippen LogP contribution in [0.3, 0.4) is 0 Å². The first kappa shape index (κ1) is 27.4. The zero-order valence-corrected chi connectivity index (χ0v) is 21.3. The van der Waals surface area contributed by atoms with Crippen LogP contribution in [0.1, 0.15) is 44.7 Å². The van der Waals surface area contributed by atoms with Crippen molar-refractivity contribution in [2.24, 2.45) is 0 Å². The average Bonchev–Trinajstić information content (AvgIpc) is 3.09. The summed E-state index contributed by atoms with van der Waals surface area (Å²) < 4.78 is 30.3. The monoisotopic (exact) mass is 468 g/mol. The smallest absolute Gasteiger partial charge is 0.173 e. The Bertz CT molecular complexity index is 1030. The van der Waals surface area contributed by atoms with Crippen molar-refractivity contribution in [2.45, 2.75) is 51.9 Å². The molecule has 2 atom stereocenters. The van der Waals surface area contributed by atoms with Gasteiger partial charge in [-0.3, -0.25) is 4.90 Å². The molecule has 1 heterocycles. The Morgan fingerprint density at radius 3 is 2.56 bits per heavy atom. The highest BCUT2D eigenvalue weighted by Crippen LogP contribution is 2.36. The van der Waals surface area contributed by atoms with Gasteiger partial charge in [0, 0.05) is 19.2 Å². The topological polar surface area (TPSA) is 42.4 Å². The van der Waals surface area contributed by atoms with Gasteiger partial charge in [0.1, 0.15) is 5.82 Å². The minimum absolute atomic E-state index is 0.0165. The van der Waals surface area contributed by atoms with E-state index in [2.05, 4.69) is 29.6 Å². The number of allylic oxidation sites excluding steroid dienone is 5. The lowest BCUT2D eigenvalue weighted by Gasteiger charge is -2.24. The van der Waals surface area contributed by atoms with Crippen LogP contribution >= 0.6 is 0 Å². The quantitative estimate of drug-likeness (QED) is 0.280. The van der Waals surface area contributed by atoms with E-state index in [0.717, 1.165) is 22.3 Å². The van der Waals surface area contributed by atoms with Crippen LogP contribution in [0.25, 0.3) is 0 Å². The van der Waals surface area contributed by atoms with Crippen molar-refractivity contribution in [1.29, 1.82) is 5.41 Å². The first-order valence-corrected chi connectivity index (χ1v) is 11.5. The molecule has 2 rings (SSSR count). The van der Waals surface area contributed by atoms with E-state index in [-0.39, 0.29) is 23.7 Å². The highest BCUT2D eigenvalue weighted by Gasteiger charge is 2.35. The van der Waals surface area contributed by atoms with Gasteiger partial charge in [0.25, 0.3) is 0 Å². The summed E-state index contributed by atoms with van der Waals surface area (Å²) in [7, 11) is 5.83. The van der Waals surface area contributed by atoms with Crippen molar-refractivity contribution >= 4 is 11.4 Å². The fourth-order valence-electron chi connectivity index (χ4n) is 4.00. The van der Waals surface area contributed by atoms with Gasteiger partial charge in [-0.2, -0.15) is 0 Å². The van der Waals surface area contributed by atoms with Crippen molar-refractivity contribution < 1.29 is 8.78 Å². The van der Waals surface area contributed by atoms with Crippen LogP contribution in [0.2, 0.25) is 0 Å². The molecule has 1 aromatic rings. The number of alkyl halides is 1. The molecule has 0 aromatic heterocycles. The van der Waals surface area contributed by atoms with Gasteiger partial charge in [-0.25, -0.2) is 13.8 Å². The van der Waals surface area contributed by atoms with Crippen LogP contribution < -0.4 is 5.43 Å². The number of rotatable bonds is 11. The van der Waals surface area contributed by atoms with E-state index in [4.69, 9.17) is 5.41 Å². The number of likely N-dealkylation sites (N-methyl/N-ethyl adjacent to an activating group) is 1. The van der Waals surface area contributed by atoms with Crippen LogP contribution in [0.5, 0.6) is 0 Å². The Hall–Kier alpha value is -2.83. The second-order valence-electron chi connectivity index (χ2n) is 9.36. The van der Waals surface area contributed by atoms with Crippen molar-refractivity contribution in [2.75, 3.05) is 26.6 Å². The molecule has 1 aromatic carbocycles. The van der Waals surface area contributed by atoms with Crippen LogP contribution in [0.15, 0.2) is 72.4 Å². The second kappa shape index (κ2) is 11.5. The molecule has 0 spiro atoms. The summed E-state index contributed by atoms with van der Waals surface area (Å²) in [5.41, 5.74) is 4.86. The first-order valence-electron chi connectivity index (χ1n) is 11.5. The van der Waals surface area contributed by atoms with Gasteiger partial charge >= 0.3 is 0 Å². The molecule has 0 radical (unpaired) electrons. The molecule has 0 fully saturated rings. The summed E-state index contributed by atoms with van der Waals surface area (Å²) in [4.78, 5) is 2.09. The van der Waals surface area contributed by atoms with Crippen LogP contribution in [-0.4, -0.2) is 42.8 Å². The fraction of sp³-hybridized carbons (Fsp3) is 0.393. The van der Waals surface area contributed by atoms with E-state index in [1.165, 1.54) is 19.1 Å². The normalized spacial score (nSPS) is 17.1. The summed E-state index contributed by atoms with van der Waals surface area (Å²) >= 11 is 0. The second-order valence-corrected chi connectivity index (χ2v) is 9.36. The molecule has 2 N–H and O–H groups in total. The third-order valence-electron chi connectivity index (χ3n) is 5.86. The number of halogens is 2. The SMILES string of the molecule is C=C(C)C=C(C=CC)C(C=CC(=C)CCC(=N)C(C)(F)c1cc2c(cc1F)NN(C)C2)N(C)C. The molecule has 1 aliphatic rings. The molecule has 34 heavy (non-hydrogen) atoms. The van der Waals surface area contributed by atoms with E-state index in [1.807, 2.05) is 59.3 Å². The maximum atomic E-state index is 15.6. The Morgan fingerprint density at radius 1 is 1.29 bits per heavy atom. The van der Waals surface area contributed by atoms with Crippen LogP contribution in [0, 0.1) is 11.2 Å². The summed E-state index contributed by atoms with van der Waals surface area (Å²) in [6.45, 7) is 13.8. The number of nitrogens with zero attached hydrogens (tertiary/aromatic N) is 2. The highest BCUT2D eigenvalue weighted by atomic mass is 19.1. The van der Waals surface area contributed by atoms with Crippen molar-refractivity contribution in [3.05, 3.63) is 89.3 Å². The lowest BCUT2D eigenvalue weighted by atomic mass is 9.87. The van der Waals surface area contributed by atoms with Crippen LogP contribution in [-0.2, 0) is 12.2 Å². The lowest BCUT2D eigenvalue weighted by molar-refractivity contribution is 0.275. The van der Waals surface area contributed by atoms with E-state index >= 15 is 4.39 Å². The molecule has 0 amide bonds. The molecule has 4 nitrogen and oxygen atoms in total. The molecule has 0 bridgehead atoms. The third-order valence-corrected chi connectivity index (χ3v) is 5.86. The lowest BCUT2D eigenvalue weighted by Crippen LogP contribution is -2.28. The average molecular weight is 469 g/mol. The molecule has 0 aliphatic carbocycles. The van der Waals surface area contributed by atoms with Crippen molar-refractivity contribution in [1.82, 2.24) is 9.91 Å². The Labute approximate surface area is 203 Å². The zero-order chi connectivity index (χ0) is 25.6. The molecule has 184 valence electrons. The number of nitrogens with one attached hydrogen (secondary N) is 2. The number of hydrogen-bond acceptors (Lipinski definition) is 4. The Morgan fingerprint density at radius 2 is 1.97 bits per heavy atom. The highest BCUT2D eigenvalue weighted by molar-refractivity contribution is 5.91. The van der Waals surface area contributed by atoms with E-state index in [1.54, 1.807) is 5.01 Å². The minimum atomic E-state index is -2.19. The minimum Gasteiger partial charge on any atom is -0.318 e. The van der Waals surface area contributed by atoms with E-state index < -0.39 is 11.5 Å². The van der Waals surface area contributed by atoms with E-state index in [0.29, 0.717) is 18.7 Å². The van der Waals surface area contributed by atoms with Gasteiger partial charge in [-0.1, -0.05) is 54.7 Å². The number of hydrazine groups is 1. The Kier molecular flexibility index (Phi) is 9.30.